The van der Waals surface area contributed by atoms with Crippen molar-refractivity contribution in [2.24, 2.45) is 10.9 Å². The number of carbonyl (C=O) groups is 1. The number of ether oxygens (including phenoxy) is 2. The summed E-state index contributed by atoms with van der Waals surface area (Å²) in [5, 5.41) is 6.88. The lowest BCUT2D eigenvalue weighted by Crippen LogP contribution is -2.50. The number of piperidine rings is 1. The molecule has 2 fully saturated rings. The molecule has 2 heterocycles. The van der Waals surface area contributed by atoms with Crippen molar-refractivity contribution in [2.75, 3.05) is 65.6 Å². The molecule has 0 saturated carbocycles. The van der Waals surface area contributed by atoms with Crippen LogP contribution < -0.4 is 10.6 Å². The number of rotatable bonds is 7. The van der Waals surface area contributed by atoms with Gasteiger partial charge in [-0.3, -0.25) is 9.89 Å². The summed E-state index contributed by atoms with van der Waals surface area (Å²) in [6.07, 6.45) is 1.62. The Labute approximate surface area is 163 Å². The number of carbonyl (C=O) groups excluding carboxylic acids is 1. The Morgan fingerprint density at radius 2 is 1.93 bits per heavy atom. The molecule has 0 bridgehead atoms. The fraction of sp³-hybridized carbons (Fsp3) is 0.895. The van der Waals surface area contributed by atoms with Crippen molar-refractivity contribution in [3.8, 4) is 0 Å². The van der Waals surface area contributed by atoms with Crippen molar-refractivity contribution < 1.29 is 14.3 Å². The molecule has 2 aliphatic rings. The summed E-state index contributed by atoms with van der Waals surface area (Å²) in [6, 6.07) is 0.336. The van der Waals surface area contributed by atoms with Crippen LogP contribution in [0.15, 0.2) is 4.99 Å². The Hall–Kier alpha value is -1.54. The van der Waals surface area contributed by atoms with Gasteiger partial charge in [-0.1, -0.05) is 6.92 Å². The summed E-state index contributed by atoms with van der Waals surface area (Å²) in [5.74, 6) is 1.38. The van der Waals surface area contributed by atoms with Crippen LogP contribution in [-0.2, 0) is 9.47 Å². The number of amides is 1. The Balaban J connectivity index is 1.75. The second-order valence-electron chi connectivity index (χ2n) is 7.34. The van der Waals surface area contributed by atoms with Crippen LogP contribution in [0, 0.1) is 5.92 Å². The predicted octanol–water partition coefficient (Wildman–Crippen LogP) is 1.13. The predicted molar refractivity (Wildman–Crippen MR) is 107 cm³/mol. The number of hydrogen-bond acceptors (Lipinski definition) is 5. The third-order valence-corrected chi connectivity index (χ3v) is 4.94. The van der Waals surface area contributed by atoms with Gasteiger partial charge in [-0.25, -0.2) is 4.79 Å². The van der Waals surface area contributed by atoms with Crippen molar-refractivity contribution in [2.45, 2.75) is 39.7 Å². The summed E-state index contributed by atoms with van der Waals surface area (Å²) in [6.45, 7) is 14.5. The fourth-order valence-electron chi connectivity index (χ4n) is 3.46. The summed E-state index contributed by atoms with van der Waals surface area (Å²) in [4.78, 5) is 20.8. The highest BCUT2D eigenvalue weighted by Crippen LogP contribution is 2.11. The van der Waals surface area contributed by atoms with E-state index in [2.05, 4.69) is 29.4 Å². The molecule has 0 radical (unpaired) electrons. The molecule has 0 spiro atoms. The van der Waals surface area contributed by atoms with Crippen LogP contribution in [0.25, 0.3) is 0 Å². The van der Waals surface area contributed by atoms with Gasteiger partial charge in [-0.05, 0) is 32.6 Å². The van der Waals surface area contributed by atoms with E-state index in [9.17, 15) is 4.79 Å². The average molecular weight is 384 g/mol. The summed E-state index contributed by atoms with van der Waals surface area (Å²) in [5.41, 5.74) is 0. The van der Waals surface area contributed by atoms with Crippen LogP contribution in [0.5, 0.6) is 0 Å². The first-order chi connectivity index (χ1) is 13.1. The first-order valence-electron chi connectivity index (χ1n) is 10.4. The van der Waals surface area contributed by atoms with E-state index in [0.717, 1.165) is 77.8 Å². The highest BCUT2D eigenvalue weighted by molar-refractivity contribution is 5.80. The fourth-order valence-corrected chi connectivity index (χ4v) is 3.46. The number of nitrogens with zero attached hydrogens (tertiary/aromatic N) is 3. The van der Waals surface area contributed by atoms with E-state index in [1.165, 1.54) is 0 Å². The lowest BCUT2D eigenvalue weighted by molar-refractivity contribution is 0.0323. The molecule has 1 amide bonds. The van der Waals surface area contributed by atoms with Gasteiger partial charge < -0.3 is 25.0 Å². The molecule has 27 heavy (non-hydrogen) atoms. The van der Waals surface area contributed by atoms with E-state index < -0.39 is 0 Å². The van der Waals surface area contributed by atoms with E-state index in [1.54, 1.807) is 4.90 Å². The molecule has 0 aromatic rings. The third kappa shape index (κ3) is 7.92. The molecular weight excluding hydrogens is 346 g/mol. The standard InChI is InChI=1S/C19H37N5O3/c1-4-20-18(21-14-16(3)15-23-10-12-26-13-11-23)22-17-6-8-24(9-7-17)19(25)27-5-2/h16-17H,4-15H2,1-3H3,(H2,20,21,22). The third-order valence-electron chi connectivity index (χ3n) is 4.94. The van der Waals surface area contributed by atoms with Crippen LogP contribution >= 0.6 is 0 Å². The number of guanidine groups is 1. The molecule has 0 aromatic heterocycles. The SMILES string of the molecule is CCNC(=NCC(C)CN1CCOCC1)NC1CCN(C(=O)OCC)CC1. The zero-order chi connectivity index (χ0) is 19.5. The first-order valence-corrected chi connectivity index (χ1v) is 10.4. The van der Waals surface area contributed by atoms with Crippen LogP contribution in [-0.4, -0.2) is 93.5 Å². The van der Waals surface area contributed by atoms with Crippen molar-refractivity contribution >= 4 is 12.1 Å². The molecule has 0 aromatic carbocycles. The van der Waals surface area contributed by atoms with Gasteiger partial charge in [0.05, 0.1) is 19.8 Å². The lowest BCUT2D eigenvalue weighted by atomic mass is 10.1. The zero-order valence-corrected chi connectivity index (χ0v) is 17.2. The van der Waals surface area contributed by atoms with Crippen LogP contribution in [0.1, 0.15) is 33.6 Å². The molecule has 1 atom stereocenters. The van der Waals surface area contributed by atoms with E-state index in [-0.39, 0.29) is 6.09 Å². The van der Waals surface area contributed by atoms with Crippen LogP contribution in [0.4, 0.5) is 4.79 Å². The second kappa shape index (κ2) is 12.0. The zero-order valence-electron chi connectivity index (χ0n) is 17.2. The highest BCUT2D eigenvalue weighted by Gasteiger charge is 2.24. The molecular formula is C19H37N5O3. The number of morpholine rings is 1. The Bertz CT molecular complexity index is 460. The van der Waals surface area contributed by atoms with Gasteiger partial charge >= 0.3 is 6.09 Å². The van der Waals surface area contributed by atoms with Crippen LogP contribution in [0.2, 0.25) is 0 Å². The molecule has 8 heteroatoms. The van der Waals surface area contributed by atoms with Gasteiger partial charge in [0.15, 0.2) is 5.96 Å². The maximum absolute atomic E-state index is 11.8. The Kier molecular flexibility index (Phi) is 9.69. The van der Waals surface area contributed by atoms with E-state index in [4.69, 9.17) is 14.5 Å². The van der Waals surface area contributed by atoms with Gasteiger partial charge in [0, 0.05) is 51.9 Å². The molecule has 8 nitrogen and oxygen atoms in total. The topological polar surface area (TPSA) is 78.4 Å². The smallest absolute Gasteiger partial charge is 0.409 e. The highest BCUT2D eigenvalue weighted by atomic mass is 16.6. The van der Waals surface area contributed by atoms with Gasteiger partial charge in [0.2, 0.25) is 0 Å². The lowest BCUT2D eigenvalue weighted by Gasteiger charge is -2.32. The van der Waals surface area contributed by atoms with Crippen molar-refractivity contribution in [3.05, 3.63) is 0 Å². The maximum atomic E-state index is 11.8. The van der Waals surface area contributed by atoms with E-state index >= 15 is 0 Å². The van der Waals surface area contributed by atoms with Crippen molar-refractivity contribution in [1.82, 2.24) is 20.4 Å². The minimum atomic E-state index is -0.200. The molecule has 2 rings (SSSR count). The number of nitrogens with one attached hydrogen (secondary N) is 2. The molecule has 2 saturated heterocycles. The average Bonchev–Trinajstić information content (AvgIpc) is 2.68. The van der Waals surface area contributed by atoms with Crippen molar-refractivity contribution in [1.29, 1.82) is 0 Å². The van der Waals surface area contributed by atoms with E-state index in [1.807, 2.05) is 6.92 Å². The van der Waals surface area contributed by atoms with E-state index in [0.29, 0.717) is 18.6 Å². The first kappa shape index (κ1) is 21.8. The maximum Gasteiger partial charge on any atom is 0.409 e. The summed E-state index contributed by atoms with van der Waals surface area (Å²) >= 11 is 0. The molecule has 1 unspecified atom stereocenters. The second-order valence-corrected chi connectivity index (χ2v) is 7.34. The van der Waals surface area contributed by atoms with Gasteiger partial charge in [0.25, 0.3) is 0 Å². The summed E-state index contributed by atoms with van der Waals surface area (Å²) in [7, 11) is 0. The number of aliphatic imine (C=N–C) groups is 1. The number of likely N-dealkylation sites (tertiary alicyclic amines) is 1. The minimum absolute atomic E-state index is 0.200. The normalized spacial score (nSPS) is 21.0. The number of hydrogen-bond donors (Lipinski definition) is 2. The summed E-state index contributed by atoms with van der Waals surface area (Å²) < 4.78 is 10.5. The largest absolute Gasteiger partial charge is 0.450 e. The van der Waals surface area contributed by atoms with Crippen LogP contribution in [0.3, 0.4) is 0 Å². The molecule has 2 aliphatic heterocycles. The van der Waals surface area contributed by atoms with Crippen molar-refractivity contribution in [3.63, 3.8) is 0 Å². The van der Waals surface area contributed by atoms with Gasteiger partial charge in [-0.2, -0.15) is 0 Å². The Morgan fingerprint density at radius 3 is 2.56 bits per heavy atom. The monoisotopic (exact) mass is 383 g/mol. The molecule has 0 aliphatic carbocycles. The van der Waals surface area contributed by atoms with Gasteiger partial charge in [0.1, 0.15) is 0 Å². The molecule has 2 N–H and O–H groups in total. The molecule has 156 valence electrons. The Morgan fingerprint density at radius 1 is 1.22 bits per heavy atom. The quantitative estimate of drug-likeness (QED) is 0.507. The van der Waals surface area contributed by atoms with Gasteiger partial charge in [-0.15, -0.1) is 0 Å². The minimum Gasteiger partial charge on any atom is -0.450 e.